The number of pyridine rings is 4. The van der Waals surface area contributed by atoms with Crippen molar-refractivity contribution in [1.29, 1.82) is 0 Å². The Balaban J connectivity index is 0.000000198. The highest BCUT2D eigenvalue weighted by Gasteiger charge is 2.45. The zero-order chi connectivity index (χ0) is 70.5. The largest absolute Gasteiger partial charge is 0.474 e. The van der Waals surface area contributed by atoms with Gasteiger partial charge in [-0.2, -0.15) is 0 Å². The van der Waals surface area contributed by atoms with Crippen LogP contribution in [-0.2, 0) is 47.4 Å². The van der Waals surface area contributed by atoms with Crippen LogP contribution in [0.3, 0.4) is 0 Å². The van der Waals surface area contributed by atoms with Crippen molar-refractivity contribution in [3.63, 3.8) is 0 Å². The molecule has 0 spiro atoms. The monoisotopic (exact) mass is 1360 g/mol. The highest BCUT2D eigenvalue weighted by molar-refractivity contribution is 6.07. The van der Waals surface area contributed by atoms with Crippen molar-refractivity contribution in [1.82, 2.24) is 19.9 Å². The number of amides is 6. The first kappa shape index (κ1) is 69.8. The quantitative estimate of drug-likeness (QED) is 0.103. The van der Waals surface area contributed by atoms with Crippen LogP contribution in [0.25, 0.3) is 43.8 Å². The van der Waals surface area contributed by atoms with E-state index in [2.05, 4.69) is 41.2 Å². The summed E-state index contributed by atoms with van der Waals surface area (Å²) in [5.74, 6) is -1.03. The van der Waals surface area contributed by atoms with E-state index in [1.807, 2.05) is 0 Å². The van der Waals surface area contributed by atoms with E-state index in [0.29, 0.717) is 70.8 Å². The minimum Gasteiger partial charge on any atom is -0.474 e. The van der Waals surface area contributed by atoms with Crippen LogP contribution in [0.5, 0.6) is 11.8 Å². The van der Waals surface area contributed by atoms with Gasteiger partial charge >= 0.3 is 36.6 Å². The maximum atomic E-state index is 16.6. The number of carbonyl (C=O) groups excluding carboxylic acids is 6. The molecule has 6 aromatic rings. The van der Waals surface area contributed by atoms with Gasteiger partial charge < -0.3 is 56.8 Å². The summed E-state index contributed by atoms with van der Waals surface area (Å²) in [5, 5.41) is 11.7. The molecule has 30 heteroatoms. The van der Waals surface area contributed by atoms with Crippen molar-refractivity contribution in [2.24, 2.45) is 11.8 Å². The highest BCUT2D eigenvalue weighted by Crippen LogP contribution is 2.46. The number of hydrogen-bond donors (Lipinski definition) is 4. The summed E-state index contributed by atoms with van der Waals surface area (Å²) >= 11 is 0. The third kappa shape index (κ3) is 15.7. The molecular weight excluding hydrogens is 1280 g/mol. The number of carbonyl (C=O) groups is 6. The minimum atomic E-state index is -0.881. The van der Waals surface area contributed by atoms with Gasteiger partial charge in [-0.05, 0) is 143 Å². The molecule has 0 bridgehead atoms. The lowest BCUT2D eigenvalue weighted by Crippen LogP contribution is -2.42. The predicted octanol–water partition coefficient (Wildman–Crippen LogP) is 12.4. The second kappa shape index (κ2) is 27.4. The third-order valence-corrected chi connectivity index (χ3v) is 16.2. The van der Waals surface area contributed by atoms with Crippen LogP contribution in [0.4, 0.5) is 71.9 Å². The first-order valence-corrected chi connectivity index (χ1v) is 32.0. The number of nitrogens with zero attached hydrogens (tertiary/aromatic N) is 6. The van der Waals surface area contributed by atoms with Crippen molar-refractivity contribution in [2.45, 2.75) is 144 Å². The van der Waals surface area contributed by atoms with Crippen molar-refractivity contribution >= 4 is 92.5 Å². The molecule has 0 saturated carbocycles. The fourth-order valence-electron chi connectivity index (χ4n) is 12.0. The lowest BCUT2D eigenvalue weighted by molar-refractivity contribution is 0.0355. The molecule has 98 heavy (non-hydrogen) atoms. The second-order valence-corrected chi connectivity index (χ2v) is 28.2. The molecule has 0 unspecified atom stereocenters. The summed E-state index contributed by atoms with van der Waals surface area (Å²) < 4.78 is 100. The number of halogens is 2. The number of rotatable bonds is 8. The molecule has 2 aromatic carbocycles. The summed E-state index contributed by atoms with van der Waals surface area (Å²) in [5.41, 5.74) is -1.23. The first-order chi connectivity index (χ1) is 46.2. The fourth-order valence-corrected chi connectivity index (χ4v) is 12.0. The van der Waals surface area contributed by atoms with E-state index >= 15 is 8.78 Å². The standard InChI is InChI=1S/2C34H40FN5O9/c2*1-17-20(12-37-29-28(17)40(8-9-45-29)32(43)49-34(5,6)7)19-10-18-11-25(38-30(41)47-24-16-46-23-15-44-14-22(23)24)36-13-21(18)27(26(19)35)39-31(42)48-33(2,3)4/h2*10-13,22-24H,8-9,14-16H2,1-7H3,(H,39,42)(H,36,38,41)/t2*22-,23+,24-/m10/s1. The van der Waals surface area contributed by atoms with E-state index in [4.69, 9.17) is 56.8 Å². The van der Waals surface area contributed by atoms with Crippen molar-refractivity contribution in [3.05, 3.63) is 71.8 Å². The molecule has 6 aliphatic heterocycles. The van der Waals surface area contributed by atoms with Crippen LogP contribution in [-0.4, -0.2) is 169 Å². The zero-order valence-corrected chi connectivity index (χ0v) is 56.9. The van der Waals surface area contributed by atoms with Gasteiger partial charge in [-0.15, -0.1) is 0 Å². The summed E-state index contributed by atoms with van der Waals surface area (Å²) in [7, 11) is 0. The van der Waals surface area contributed by atoms with Crippen molar-refractivity contribution in [3.8, 4) is 34.0 Å². The Labute approximate surface area is 563 Å². The lowest BCUT2D eigenvalue weighted by atomic mass is 9.96. The van der Waals surface area contributed by atoms with Crippen LogP contribution in [0.2, 0.25) is 0 Å². The van der Waals surface area contributed by atoms with Crippen LogP contribution >= 0.6 is 0 Å². The number of hydrogen-bond acceptors (Lipinski definition) is 22. The first-order valence-electron chi connectivity index (χ1n) is 32.0. The van der Waals surface area contributed by atoms with Gasteiger partial charge in [-0.1, -0.05) is 0 Å². The smallest absolute Gasteiger partial charge is 0.415 e. The third-order valence-electron chi connectivity index (χ3n) is 16.2. The SMILES string of the molecule is Cc1c(-c2cc3cc(NC(=O)O[C@@H]4CO[C@H]5COC[C@H]54)ncc3c(NC(=O)OC(C)(C)C)c2F)cnc2c1N(C(=O)OC(C)(C)C)CCO2.Cc1c(-c2cc3cc(NC(=O)O[C@H]4CO[C@@H]5COC[C@H]45)ncc3c(NC(=O)OC(C)(C)C)c2F)cnc2c1N(C(=O)OC(C)(C)C)CCO2. The molecule has 4 N–H and O–H groups in total. The summed E-state index contributed by atoms with van der Waals surface area (Å²) in [4.78, 5) is 98.3. The van der Waals surface area contributed by atoms with E-state index in [9.17, 15) is 28.8 Å². The van der Waals surface area contributed by atoms with E-state index < -0.39 is 82.8 Å². The molecule has 28 nitrogen and oxygen atoms in total. The molecule has 0 aliphatic carbocycles. The number of ether oxygens (including phenoxy) is 12. The molecule has 0 radical (unpaired) electrons. The summed E-state index contributed by atoms with van der Waals surface area (Å²) in [6.45, 7) is 27.3. The van der Waals surface area contributed by atoms with Gasteiger partial charge in [0.05, 0.1) is 88.1 Å². The predicted molar refractivity (Wildman–Crippen MR) is 353 cm³/mol. The molecular formula is C68H80F2N10O18. The van der Waals surface area contributed by atoms with E-state index in [-0.39, 0.29) is 120 Å². The Morgan fingerprint density at radius 2 is 0.847 bits per heavy atom. The van der Waals surface area contributed by atoms with Gasteiger partial charge in [0.2, 0.25) is 11.8 Å². The average molecular weight is 1360 g/mol. The number of anilines is 6. The highest BCUT2D eigenvalue weighted by atomic mass is 19.1. The number of fused-ring (bicyclic) bond motifs is 6. The van der Waals surface area contributed by atoms with Crippen LogP contribution in [0, 0.1) is 37.3 Å². The fraction of sp³-hybridized carbons (Fsp3) is 0.500. The van der Waals surface area contributed by atoms with E-state index in [1.54, 1.807) is 109 Å². The molecule has 10 heterocycles. The Kier molecular flexibility index (Phi) is 19.5. The molecule has 4 saturated heterocycles. The van der Waals surface area contributed by atoms with E-state index in [0.717, 1.165) is 0 Å². The maximum Gasteiger partial charge on any atom is 0.415 e. The van der Waals surface area contributed by atoms with E-state index in [1.165, 1.54) is 46.7 Å². The second-order valence-electron chi connectivity index (χ2n) is 28.2. The van der Waals surface area contributed by atoms with Gasteiger partial charge in [0, 0.05) is 57.8 Å². The minimum absolute atomic E-state index is 0.0487. The zero-order valence-electron chi connectivity index (χ0n) is 56.9. The molecule has 4 aromatic heterocycles. The Morgan fingerprint density at radius 1 is 0.469 bits per heavy atom. The van der Waals surface area contributed by atoms with Gasteiger partial charge in [0.15, 0.2) is 11.6 Å². The molecule has 12 rings (SSSR count). The molecule has 6 aliphatic rings. The van der Waals surface area contributed by atoms with Crippen LogP contribution in [0.1, 0.15) is 94.2 Å². The Bertz CT molecular complexity index is 3870. The number of aromatic nitrogens is 4. The number of nitrogens with one attached hydrogen (secondary N) is 4. The molecule has 4 fully saturated rings. The lowest BCUT2D eigenvalue weighted by Gasteiger charge is -2.32. The Hall–Kier alpha value is -9.52. The van der Waals surface area contributed by atoms with Gasteiger partial charge in [0.25, 0.3) is 0 Å². The molecule has 6 atom stereocenters. The van der Waals surface area contributed by atoms with Crippen molar-refractivity contribution < 1.29 is 94.4 Å². The van der Waals surface area contributed by atoms with Gasteiger partial charge in [-0.25, -0.2) is 57.5 Å². The maximum absolute atomic E-state index is 16.6. The van der Waals surface area contributed by atoms with Crippen LogP contribution < -0.4 is 40.5 Å². The normalized spacial score (nSPS) is 20.2. The number of benzene rings is 2. The van der Waals surface area contributed by atoms with Gasteiger partial charge in [-0.3, -0.25) is 31.1 Å². The van der Waals surface area contributed by atoms with Crippen LogP contribution in [0.15, 0.2) is 49.1 Å². The molecule has 524 valence electrons. The summed E-state index contributed by atoms with van der Waals surface area (Å²) in [6, 6.07) is 6.16. The van der Waals surface area contributed by atoms with Crippen molar-refractivity contribution in [2.75, 3.05) is 97.0 Å². The van der Waals surface area contributed by atoms with Gasteiger partial charge in [0.1, 0.15) is 70.8 Å². The molecule has 6 amide bonds. The summed E-state index contributed by atoms with van der Waals surface area (Å²) in [6.07, 6.45) is -0.0379. The topological polar surface area (TPSA) is 319 Å². The average Bonchev–Trinajstić information content (AvgIpc) is 0.959. The Morgan fingerprint density at radius 3 is 1.21 bits per heavy atom.